The molecule has 3 aromatic rings. The number of methoxy groups -OCH3 is 1. The molecule has 0 aliphatic heterocycles. The Labute approximate surface area is 202 Å². The topological polar surface area (TPSA) is 83.2 Å². The van der Waals surface area contributed by atoms with Gasteiger partial charge in [-0.15, -0.1) is 0 Å². The number of ether oxygens (including phenoxy) is 2. The molecule has 0 aromatic heterocycles. The minimum absolute atomic E-state index is 0.00182. The zero-order valence-corrected chi connectivity index (χ0v) is 19.9. The first-order chi connectivity index (χ1) is 15.4. The molecule has 0 unspecified atom stereocenters. The first-order valence-electron chi connectivity index (χ1n) is 9.20. The normalized spacial score (nSPS) is 10.9. The predicted molar refractivity (Wildman–Crippen MR) is 127 cm³/mol. The van der Waals surface area contributed by atoms with E-state index in [1.165, 1.54) is 25.5 Å². The maximum absolute atomic E-state index is 10.8. The Bertz CT molecular complexity index is 1160. The highest BCUT2D eigenvalue weighted by atomic mass is 79.9. The highest BCUT2D eigenvalue weighted by Gasteiger charge is 2.11. The smallest absolute Gasteiger partial charge is 0.269 e. The molecule has 32 heavy (non-hydrogen) atoms. The molecular formula is C22H17BrCl2N2O5. The summed E-state index contributed by atoms with van der Waals surface area (Å²) in [6.07, 6.45) is 1.50. The third-order valence-corrected chi connectivity index (χ3v) is 5.57. The standard InChI is InChI=1S/C22H17BrCl2N2O5/c1-30-21-8-16(11-26-32-12-14-3-2-4-18(7-14)27(28)29)19(23)10-22(21)31-13-15-5-6-17(24)9-20(15)25/h2-11H,12-13H2,1H3/b26-11-. The summed E-state index contributed by atoms with van der Waals surface area (Å²) in [5.74, 6) is 1.01. The number of hydrogen-bond acceptors (Lipinski definition) is 6. The van der Waals surface area contributed by atoms with E-state index in [1.807, 2.05) is 0 Å². The second-order valence-corrected chi connectivity index (χ2v) is 8.18. The third kappa shape index (κ3) is 6.35. The van der Waals surface area contributed by atoms with Crippen LogP contribution in [0.15, 0.2) is 64.2 Å². The quantitative estimate of drug-likeness (QED) is 0.169. The van der Waals surface area contributed by atoms with Crippen molar-refractivity contribution in [2.45, 2.75) is 13.2 Å². The molecule has 0 radical (unpaired) electrons. The highest BCUT2D eigenvalue weighted by Crippen LogP contribution is 2.34. The van der Waals surface area contributed by atoms with Crippen LogP contribution >= 0.6 is 39.1 Å². The first kappa shape index (κ1) is 23.8. The van der Waals surface area contributed by atoms with Gasteiger partial charge in [0.2, 0.25) is 0 Å². The first-order valence-corrected chi connectivity index (χ1v) is 10.7. The lowest BCUT2D eigenvalue weighted by molar-refractivity contribution is -0.384. The van der Waals surface area contributed by atoms with E-state index in [0.29, 0.717) is 37.1 Å². The van der Waals surface area contributed by atoms with E-state index in [9.17, 15) is 10.1 Å². The SMILES string of the molecule is COc1cc(/C=N\OCc2cccc([N+](=O)[O-])c2)c(Br)cc1OCc1ccc(Cl)cc1Cl. The molecule has 166 valence electrons. The minimum atomic E-state index is -0.458. The Balaban J connectivity index is 1.66. The molecule has 0 heterocycles. The molecule has 10 heteroatoms. The number of nitro benzene ring substituents is 1. The zero-order valence-electron chi connectivity index (χ0n) is 16.8. The largest absolute Gasteiger partial charge is 0.493 e. The molecule has 3 rings (SSSR count). The molecular weight excluding hydrogens is 523 g/mol. The van der Waals surface area contributed by atoms with Crippen LogP contribution in [0.4, 0.5) is 5.69 Å². The molecule has 0 fully saturated rings. The molecule has 0 atom stereocenters. The Hall–Kier alpha value is -2.81. The molecule has 0 saturated heterocycles. The van der Waals surface area contributed by atoms with Crippen LogP contribution in [0.2, 0.25) is 10.0 Å². The van der Waals surface area contributed by atoms with E-state index in [0.717, 1.165) is 5.56 Å². The van der Waals surface area contributed by atoms with Crippen LogP contribution in [-0.2, 0) is 18.1 Å². The van der Waals surface area contributed by atoms with Crippen LogP contribution in [0, 0.1) is 10.1 Å². The number of nitro groups is 1. The Morgan fingerprint density at radius 3 is 2.62 bits per heavy atom. The van der Waals surface area contributed by atoms with E-state index < -0.39 is 4.92 Å². The molecule has 3 aromatic carbocycles. The number of rotatable bonds is 9. The number of nitrogens with zero attached hydrogens (tertiary/aromatic N) is 2. The van der Waals surface area contributed by atoms with Crippen LogP contribution in [-0.4, -0.2) is 18.2 Å². The van der Waals surface area contributed by atoms with Gasteiger partial charge in [0.25, 0.3) is 5.69 Å². The zero-order chi connectivity index (χ0) is 23.1. The summed E-state index contributed by atoms with van der Waals surface area (Å²) in [7, 11) is 1.53. The maximum atomic E-state index is 10.8. The van der Waals surface area contributed by atoms with Gasteiger partial charge in [0.15, 0.2) is 11.5 Å². The molecule has 0 aliphatic rings. The van der Waals surface area contributed by atoms with E-state index in [-0.39, 0.29) is 18.9 Å². The Morgan fingerprint density at radius 1 is 1.09 bits per heavy atom. The van der Waals surface area contributed by atoms with Crippen LogP contribution in [0.3, 0.4) is 0 Å². The molecule has 0 spiro atoms. The molecule has 7 nitrogen and oxygen atoms in total. The number of benzene rings is 3. The number of halogens is 3. The second kappa shape index (κ2) is 11.2. The summed E-state index contributed by atoms with van der Waals surface area (Å²) in [4.78, 5) is 15.7. The fourth-order valence-corrected chi connectivity index (χ4v) is 3.57. The number of hydrogen-bond donors (Lipinski definition) is 0. The van der Waals surface area contributed by atoms with Crippen molar-refractivity contribution in [3.8, 4) is 11.5 Å². The van der Waals surface area contributed by atoms with Gasteiger partial charge < -0.3 is 14.3 Å². The van der Waals surface area contributed by atoms with Crippen LogP contribution in [0.5, 0.6) is 11.5 Å². The van der Waals surface area contributed by atoms with Crippen LogP contribution in [0.25, 0.3) is 0 Å². The van der Waals surface area contributed by atoms with E-state index in [1.54, 1.807) is 42.5 Å². The van der Waals surface area contributed by atoms with Gasteiger partial charge in [-0.2, -0.15) is 0 Å². The van der Waals surface area contributed by atoms with Crippen molar-refractivity contribution >= 4 is 51.0 Å². The van der Waals surface area contributed by atoms with Gasteiger partial charge in [0.1, 0.15) is 13.2 Å². The molecule has 0 saturated carbocycles. The molecule has 0 amide bonds. The second-order valence-electron chi connectivity index (χ2n) is 6.48. The Kier molecular flexibility index (Phi) is 8.33. The summed E-state index contributed by atoms with van der Waals surface area (Å²) in [6.45, 7) is 0.328. The third-order valence-electron chi connectivity index (χ3n) is 4.30. The highest BCUT2D eigenvalue weighted by molar-refractivity contribution is 9.10. The summed E-state index contributed by atoms with van der Waals surface area (Å²) in [5.41, 5.74) is 2.11. The summed E-state index contributed by atoms with van der Waals surface area (Å²) in [5, 5.41) is 15.9. The lowest BCUT2D eigenvalue weighted by atomic mass is 10.2. The van der Waals surface area contributed by atoms with Gasteiger partial charge in [0, 0.05) is 37.8 Å². The number of non-ortho nitro benzene ring substituents is 1. The fourth-order valence-electron chi connectivity index (χ4n) is 2.68. The van der Waals surface area contributed by atoms with Gasteiger partial charge in [-0.1, -0.05) is 46.6 Å². The maximum Gasteiger partial charge on any atom is 0.269 e. The average molecular weight is 540 g/mol. The van der Waals surface area contributed by atoms with Gasteiger partial charge in [-0.05, 0) is 45.8 Å². The lowest BCUT2D eigenvalue weighted by Crippen LogP contribution is -2.00. The molecule has 0 bridgehead atoms. The fraction of sp³-hybridized carbons (Fsp3) is 0.136. The molecule has 0 aliphatic carbocycles. The predicted octanol–water partition coefficient (Wildman–Crippen LogP) is 6.80. The summed E-state index contributed by atoms with van der Waals surface area (Å²) < 4.78 is 12.0. The molecule has 0 N–H and O–H groups in total. The van der Waals surface area contributed by atoms with Gasteiger partial charge in [0.05, 0.1) is 18.2 Å². The van der Waals surface area contributed by atoms with Crippen LogP contribution < -0.4 is 9.47 Å². The van der Waals surface area contributed by atoms with E-state index in [2.05, 4.69) is 21.1 Å². The van der Waals surface area contributed by atoms with Crippen molar-refractivity contribution < 1.29 is 19.2 Å². The van der Waals surface area contributed by atoms with Crippen molar-refractivity contribution in [2.75, 3.05) is 7.11 Å². The van der Waals surface area contributed by atoms with Gasteiger partial charge >= 0.3 is 0 Å². The van der Waals surface area contributed by atoms with Crippen molar-refractivity contribution in [1.29, 1.82) is 0 Å². The summed E-state index contributed by atoms with van der Waals surface area (Å²) in [6, 6.07) is 14.9. The lowest BCUT2D eigenvalue weighted by Gasteiger charge is -2.13. The summed E-state index contributed by atoms with van der Waals surface area (Å²) >= 11 is 15.6. The van der Waals surface area contributed by atoms with Crippen molar-refractivity contribution in [3.05, 3.63) is 95.9 Å². The van der Waals surface area contributed by atoms with E-state index >= 15 is 0 Å². The van der Waals surface area contributed by atoms with Crippen molar-refractivity contribution in [1.82, 2.24) is 0 Å². The minimum Gasteiger partial charge on any atom is -0.493 e. The average Bonchev–Trinajstić information content (AvgIpc) is 2.77. The monoisotopic (exact) mass is 538 g/mol. The van der Waals surface area contributed by atoms with Gasteiger partial charge in [-0.25, -0.2) is 0 Å². The van der Waals surface area contributed by atoms with E-state index in [4.69, 9.17) is 37.5 Å². The van der Waals surface area contributed by atoms with Crippen molar-refractivity contribution in [2.24, 2.45) is 5.16 Å². The van der Waals surface area contributed by atoms with Crippen LogP contribution in [0.1, 0.15) is 16.7 Å². The number of oxime groups is 1. The van der Waals surface area contributed by atoms with Gasteiger partial charge in [-0.3, -0.25) is 10.1 Å². The Morgan fingerprint density at radius 2 is 1.91 bits per heavy atom. The van der Waals surface area contributed by atoms with Crippen molar-refractivity contribution in [3.63, 3.8) is 0 Å².